The van der Waals surface area contributed by atoms with Gasteiger partial charge in [-0.15, -0.1) is 0 Å². The molecule has 0 radical (unpaired) electrons. The van der Waals surface area contributed by atoms with Crippen molar-refractivity contribution in [1.29, 1.82) is 0 Å². The first kappa shape index (κ1) is 25.1. The molecule has 3 saturated heterocycles. The minimum Gasteiger partial charge on any atom is -0.444 e. The first-order valence-corrected chi connectivity index (χ1v) is 12.9. The number of guanidine groups is 1. The molecular weight excluding hydrogens is 402 g/mol. The van der Waals surface area contributed by atoms with Crippen LogP contribution in [0.4, 0.5) is 4.79 Å². The zero-order chi connectivity index (χ0) is 23.3. The molecule has 0 aromatic heterocycles. The Morgan fingerprint density at radius 2 is 1.84 bits per heavy atom. The number of fused-ring (bicyclic) bond motifs is 2. The summed E-state index contributed by atoms with van der Waals surface area (Å²) in [4.78, 5) is 22.3. The van der Waals surface area contributed by atoms with E-state index >= 15 is 0 Å². The lowest BCUT2D eigenvalue weighted by Gasteiger charge is -2.40. The first-order valence-electron chi connectivity index (χ1n) is 12.9. The van der Waals surface area contributed by atoms with Crippen molar-refractivity contribution in [3.63, 3.8) is 0 Å². The maximum atomic E-state index is 12.7. The van der Waals surface area contributed by atoms with Crippen LogP contribution in [0, 0.1) is 11.8 Å². The normalized spacial score (nSPS) is 29.3. The summed E-state index contributed by atoms with van der Waals surface area (Å²) in [5.74, 6) is 2.30. The van der Waals surface area contributed by atoms with Crippen molar-refractivity contribution in [2.75, 3.05) is 32.7 Å². The molecule has 0 aliphatic carbocycles. The second-order valence-electron chi connectivity index (χ2n) is 11.5. The van der Waals surface area contributed by atoms with E-state index < -0.39 is 5.60 Å². The van der Waals surface area contributed by atoms with Gasteiger partial charge in [-0.3, -0.25) is 4.99 Å². The fourth-order valence-corrected chi connectivity index (χ4v) is 5.62. The summed E-state index contributed by atoms with van der Waals surface area (Å²) in [6.45, 7) is 17.9. The minimum atomic E-state index is -0.444. The van der Waals surface area contributed by atoms with Gasteiger partial charge in [0.05, 0.1) is 0 Å². The van der Waals surface area contributed by atoms with Crippen molar-refractivity contribution in [2.45, 2.75) is 104 Å². The highest BCUT2D eigenvalue weighted by atomic mass is 16.6. The predicted molar refractivity (Wildman–Crippen MR) is 131 cm³/mol. The summed E-state index contributed by atoms with van der Waals surface area (Å²) in [6.07, 6.45) is 6.48. The molecule has 0 spiro atoms. The van der Waals surface area contributed by atoms with Gasteiger partial charge >= 0.3 is 6.09 Å². The summed E-state index contributed by atoms with van der Waals surface area (Å²) in [5.41, 5.74) is -0.444. The first-order chi connectivity index (χ1) is 15.1. The minimum absolute atomic E-state index is 0.146. The SMILES string of the molecule is CCNC(=NCC1CCCN(CC(C)C)C1)NC1CC2CCC(C1)N2C(=O)OC(C)(C)C. The average Bonchev–Trinajstić information content (AvgIpc) is 2.96. The Hall–Kier alpha value is -1.50. The third-order valence-corrected chi connectivity index (χ3v) is 6.76. The lowest BCUT2D eigenvalue weighted by Crippen LogP contribution is -2.55. The van der Waals surface area contributed by atoms with E-state index in [4.69, 9.17) is 9.73 Å². The molecule has 184 valence electrons. The van der Waals surface area contributed by atoms with Crippen LogP contribution in [0.2, 0.25) is 0 Å². The second kappa shape index (κ2) is 11.1. The van der Waals surface area contributed by atoms with Gasteiger partial charge < -0.3 is 25.2 Å². The van der Waals surface area contributed by atoms with E-state index in [-0.39, 0.29) is 18.2 Å². The van der Waals surface area contributed by atoms with Crippen LogP contribution in [-0.2, 0) is 4.74 Å². The molecule has 2 N–H and O–H groups in total. The Kier molecular flexibility index (Phi) is 8.70. The van der Waals surface area contributed by atoms with Crippen molar-refractivity contribution in [2.24, 2.45) is 16.8 Å². The van der Waals surface area contributed by atoms with Gasteiger partial charge in [0.25, 0.3) is 0 Å². The molecule has 0 aromatic carbocycles. The van der Waals surface area contributed by atoms with E-state index in [1.807, 2.05) is 25.7 Å². The highest BCUT2D eigenvalue weighted by molar-refractivity contribution is 5.80. The van der Waals surface area contributed by atoms with Crippen molar-refractivity contribution >= 4 is 12.1 Å². The summed E-state index contributed by atoms with van der Waals surface area (Å²) in [7, 11) is 0. The Balaban J connectivity index is 1.54. The molecular formula is C25H47N5O2. The number of aliphatic imine (C=N–C) groups is 1. The van der Waals surface area contributed by atoms with Crippen LogP contribution < -0.4 is 10.6 Å². The number of likely N-dealkylation sites (tertiary alicyclic amines) is 1. The van der Waals surface area contributed by atoms with Crippen LogP contribution in [-0.4, -0.2) is 78.3 Å². The molecule has 7 heteroatoms. The van der Waals surface area contributed by atoms with Crippen molar-refractivity contribution in [3.05, 3.63) is 0 Å². The van der Waals surface area contributed by atoms with Crippen molar-refractivity contribution < 1.29 is 9.53 Å². The van der Waals surface area contributed by atoms with E-state index in [1.165, 1.54) is 32.5 Å². The van der Waals surface area contributed by atoms with Crippen LogP contribution in [0.25, 0.3) is 0 Å². The second-order valence-corrected chi connectivity index (χ2v) is 11.5. The maximum absolute atomic E-state index is 12.7. The highest BCUT2D eigenvalue weighted by Crippen LogP contribution is 2.36. The monoisotopic (exact) mass is 449 g/mol. The summed E-state index contributed by atoms with van der Waals surface area (Å²) in [5, 5.41) is 7.14. The Labute approximate surface area is 195 Å². The fraction of sp³-hybridized carbons (Fsp3) is 0.920. The lowest BCUT2D eigenvalue weighted by atomic mass is 9.97. The Morgan fingerprint density at radius 1 is 1.16 bits per heavy atom. The molecule has 3 aliphatic heterocycles. The van der Waals surface area contributed by atoms with Gasteiger partial charge in [-0.25, -0.2) is 4.79 Å². The lowest BCUT2D eigenvalue weighted by molar-refractivity contribution is 0.00545. The molecule has 3 atom stereocenters. The topological polar surface area (TPSA) is 69.2 Å². The van der Waals surface area contributed by atoms with Crippen LogP contribution >= 0.6 is 0 Å². The molecule has 0 aromatic rings. The molecule has 1 amide bonds. The van der Waals surface area contributed by atoms with Gasteiger partial charge in [-0.05, 0) is 84.6 Å². The Morgan fingerprint density at radius 3 is 2.44 bits per heavy atom. The standard InChI is InChI=1S/C25H47N5O2/c1-7-26-23(27-15-19-9-8-12-29(17-19)16-18(2)3)28-20-13-21-10-11-22(14-20)30(21)24(31)32-25(4,5)6/h18-22H,7-17H2,1-6H3,(H2,26,27,28). The summed E-state index contributed by atoms with van der Waals surface area (Å²) >= 11 is 0. The summed E-state index contributed by atoms with van der Waals surface area (Å²) < 4.78 is 5.68. The quantitative estimate of drug-likeness (QED) is 0.476. The van der Waals surface area contributed by atoms with Gasteiger partial charge in [-0.2, -0.15) is 0 Å². The summed E-state index contributed by atoms with van der Waals surface area (Å²) in [6, 6.07) is 0.895. The number of carbonyl (C=O) groups excluding carboxylic acids is 1. The number of piperidine rings is 2. The van der Waals surface area contributed by atoms with Gasteiger partial charge in [0, 0.05) is 44.3 Å². The predicted octanol–water partition coefficient (Wildman–Crippen LogP) is 3.84. The van der Waals surface area contributed by atoms with Crippen molar-refractivity contribution in [3.8, 4) is 0 Å². The Bertz CT molecular complexity index is 631. The van der Waals surface area contributed by atoms with Crippen LogP contribution in [0.15, 0.2) is 4.99 Å². The van der Waals surface area contributed by atoms with Gasteiger partial charge in [-0.1, -0.05) is 13.8 Å². The van der Waals surface area contributed by atoms with Gasteiger partial charge in [0.2, 0.25) is 0 Å². The van der Waals surface area contributed by atoms with Crippen LogP contribution in [0.1, 0.15) is 80.1 Å². The number of nitrogens with zero attached hydrogens (tertiary/aromatic N) is 3. The smallest absolute Gasteiger partial charge is 0.410 e. The number of nitrogens with one attached hydrogen (secondary N) is 2. The fourth-order valence-electron chi connectivity index (χ4n) is 5.62. The molecule has 3 rings (SSSR count). The number of carbonyl (C=O) groups is 1. The number of hydrogen-bond acceptors (Lipinski definition) is 4. The number of hydrogen-bond donors (Lipinski definition) is 2. The molecule has 7 nitrogen and oxygen atoms in total. The third kappa shape index (κ3) is 7.26. The van der Waals surface area contributed by atoms with Gasteiger partial charge in [0.15, 0.2) is 5.96 Å². The molecule has 3 aliphatic rings. The molecule has 3 fully saturated rings. The van der Waals surface area contributed by atoms with Crippen LogP contribution in [0.3, 0.4) is 0 Å². The van der Waals surface area contributed by atoms with E-state index in [0.717, 1.165) is 50.7 Å². The van der Waals surface area contributed by atoms with E-state index in [9.17, 15) is 4.79 Å². The third-order valence-electron chi connectivity index (χ3n) is 6.76. The van der Waals surface area contributed by atoms with E-state index in [0.29, 0.717) is 12.0 Å². The molecule has 32 heavy (non-hydrogen) atoms. The largest absolute Gasteiger partial charge is 0.444 e. The maximum Gasteiger partial charge on any atom is 0.410 e. The molecule has 0 saturated carbocycles. The molecule has 3 unspecified atom stereocenters. The zero-order valence-corrected chi connectivity index (χ0v) is 21.3. The van der Waals surface area contributed by atoms with E-state index in [2.05, 4.69) is 36.3 Å². The van der Waals surface area contributed by atoms with E-state index in [1.54, 1.807) is 0 Å². The highest BCUT2D eigenvalue weighted by Gasteiger charge is 2.45. The number of rotatable bonds is 6. The average molecular weight is 450 g/mol. The number of ether oxygens (including phenoxy) is 1. The van der Waals surface area contributed by atoms with Crippen LogP contribution in [0.5, 0.6) is 0 Å². The van der Waals surface area contributed by atoms with Crippen molar-refractivity contribution in [1.82, 2.24) is 20.4 Å². The molecule has 2 bridgehead atoms. The number of amides is 1. The zero-order valence-electron chi connectivity index (χ0n) is 21.3. The molecule has 3 heterocycles. The van der Waals surface area contributed by atoms with Gasteiger partial charge in [0.1, 0.15) is 5.60 Å².